The van der Waals surface area contributed by atoms with Crippen LogP contribution < -0.4 is 10.1 Å². The van der Waals surface area contributed by atoms with Crippen LogP contribution in [0.1, 0.15) is 5.56 Å². The first-order valence-corrected chi connectivity index (χ1v) is 7.28. The van der Waals surface area contributed by atoms with Crippen molar-refractivity contribution in [1.82, 2.24) is 15.5 Å². The van der Waals surface area contributed by atoms with E-state index in [4.69, 9.17) is 9.26 Å². The van der Waals surface area contributed by atoms with Crippen molar-refractivity contribution in [3.05, 3.63) is 66.2 Å². The number of halogens is 1. The summed E-state index contributed by atoms with van der Waals surface area (Å²) in [5.41, 5.74) is 1.70. The minimum atomic E-state index is -0.622. The molecule has 0 unspecified atom stereocenters. The molecule has 7 heteroatoms. The number of aromatic nitrogens is 2. The van der Waals surface area contributed by atoms with E-state index in [1.165, 1.54) is 18.2 Å². The average molecular weight is 327 g/mol. The summed E-state index contributed by atoms with van der Waals surface area (Å²) in [6, 6.07) is 10.9. The Labute approximate surface area is 137 Å². The summed E-state index contributed by atoms with van der Waals surface area (Å²) in [6.07, 6.45) is 3.43. The number of hydrogen-bond acceptors (Lipinski definition) is 5. The molecule has 0 radical (unpaired) electrons. The number of carbonyl (C=O) groups is 1. The highest BCUT2D eigenvalue weighted by atomic mass is 19.1. The van der Waals surface area contributed by atoms with Gasteiger partial charge in [-0.3, -0.25) is 4.98 Å². The summed E-state index contributed by atoms with van der Waals surface area (Å²) >= 11 is 0. The quantitative estimate of drug-likeness (QED) is 0.778. The summed E-state index contributed by atoms with van der Waals surface area (Å²) in [5.74, 6) is 0.0774. The van der Waals surface area contributed by atoms with Crippen molar-refractivity contribution in [2.75, 3.05) is 6.54 Å². The largest absolute Gasteiger partial charge is 0.414 e. The van der Waals surface area contributed by atoms with Crippen molar-refractivity contribution in [2.24, 2.45) is 0 Å². The Kier molecular flexibility index (Phi) is 4.81. The molecular formula is C17H14FN3O3. The number of nitrogens with zero attached hydrogens (tertiary/aromatic N) is 2. The highest BCUT2D eigenvalue weighted by molar-refractivity contribution is 5.70. The van der Waals surface area contributed by atoms with Gasteiger partial charge in [-0.05, 0) is 53.5 Å². The van der Waals surface area contributed by atoms with Gasteiger partial charge in [0.05, 0.1) is 6.07 Å². The number of pyridine rings is 1. The second kappa shape index (κ2) is 7.36. The first kappa shape index (κ1) is 15.7. The van der Waals surface area contributed by atoms with Gasteiger partial charge in [0.1, 0.15) is 5.82 Å². The minimum Gasteiger partial charge on any atom is -0.388 e. The van der Waals surface area contributed by atoms with Gasteiger partial charge in [-0.1, -0.05) is 0 Å². The van der Waals surface area contributed by atoms with E-state index in [-0.39, 0.29) is 11.7 Å². The van der Waals surface area contributed by atoms with Crippen LogP contribution in [-0.4, -0.2) is 22.8 Å². The van der Waals surface area contributed by atoms with E-state index in [2.05, 4.69) is 15.5 Å². The molecule has 0 atom stereocenters. The zero-order valence-corrected chi connectivity index (χ0v) is 12.6. The maximum Gasteiger partial charge on any atom is 0.414 e. The number of carbonyl (C=O) groups excluding carboxylic acids is 1. The third-order valence-electron chi connectivity index (χ3n) is 3.25. The lowest BCUT2D eigenvalue weighted by atomic mass is 10.2. The van der Waals surface area contributed by atoms with Crippen molar-refractivity contribution in [2.45, 2.75) is 6.42 Å². The Hall–Kier alpha value is -3.22. The fourth-order valence-corrected chi connectivity index (χ4v) is 2.05. The number of nitrogens with one attached hydrogen (secondary N) is 1. The first-order valence-electron chi connectivity index (χ1n) is 7.28. The Balaban J connectivity index is 1.51. The van der Waals surface area contributed by atoms with Gasteiger partial charge in [-0.2, -0.15) is 0 Å². The summed E-state index contributed by atoms with van der Waals surface area (Å²) < 4.78 is 23.0. The summed E-state index contributed by atoms with van der Waals surface area (Å²) in [7, 11) is 0. The SMILES string of the molecule is O=C(NCCc1ccncc1)Oc1cc(-c2ccc(F)cc2)on1. The fraction of sp³-hybridized carbons (Fsp3) is 0.118. The van der Waals surface area contributed by atoms with Crippen LogP contribution in [0, 0.1) is 5.82 Å². The van der Waals surface area contributed by atoms with E-state index in [1.54, 1.807) is 24.5 Å². The highest BCUT2D eigenvalue weighted by Gasteiger charge is 2.11. The number of amides is 1. The molecule has 0 aliphatic carbocycles. The van der Waals surface area contributed by atoms with Gasteiger partial charge in [0.15, 0.2) is 5.76 Å². The smallest absolute Gasteiger partial charge is 0.388 e. The van der Waals surface area contributed by atoms with Gasteiger partial charge in [0.25, 0.3) is 5.88 Å². The molecule has 1 N–H and O–H groups in total. The molecule has 6 nitrogen and oxygen atoms in total. The molecule has 122 valence electrons. The first-order chi connectivity index (χ1) is 11.7. The molecule has 0 bridgehead atoms. The van der Waals surface area contributed by atoms with Crippen molar-refractivity contribution in [1.29, 1.82) is 0 Å². The van der Waals surface area contributed by atoms with Gasteiger partial charge in [0.2, 0.25) is 0 Å². The lowest BCUT2D eigenvalue weighted by Crippen LogP contribution is -2.28. The van der Waals surface area contributed by atoms with E-state index < -0.39 is 6.09 Å². The molecule has 3 aromatic rings. The van der Waals surface area contributed by atoms with Crippen molar-refractivity contribution in [3.63, 3.8) is 0 Å². The van der Waals surface area contributed by atoms with Crippen molar-refractivity contribution >= 4 is 6.09 Å². The van der Waals surface area contributed by atoms with Gasteiger partial charge in [0, 0.05) is 24.5 Å². The fourth-order valence-electron chi connectivity index (χ4n) is 2.05. The number of rotatable bonds is 5. The van der Waals surface area contributed by atoms with Crippen LogP contribution in [0.3, 0.4) is 0 Å². The zero-order valence-electron chi connectivity index (χ0n) is 12.6. The van der Waals surface area contributed by atoms with Crippen molar-refractivity contribution in [3.8, 4) is 17.2 Å². The lowest BCUT2D eigenvalue weighted by molar-refractivity contribution is 0.196. The topological polar surface area (TPSA) is 77.2 Å². The molecule has 0 aliphatic heterocycles. The van der Waals surface area contributed by atoms with Crippen LogP contribution in [-0.2, 0) is 6.42 Å². The Morgan fingerprint density at radius 1 is 1.17 bits per heavy atom. The maximum absolute atomic E-state index is 12.9. The van der Waals surface area contributed by atoms with Gasteiger partial charge >= 0.3 is 6.09 Å². The van der Waals surface area contributed by atoms with E-state index >= 15 is 0 Å². The highest BCUT2D eigenvalue weighted by Crippen LogP contribution is 2.23. The van der Waals surface area contributed by atoms with E-state index in [9.17, 15) is 9.18 Å². The van der Waals surface area contributed by atoms with Crippen molar-refractivity contribution < 1.29 is 18.4 Å². The molecule has 2 aromatic heterocycles. The Bertz CT molecular complexity index is 803. The molecular weight excluding hydrogens is 313 g/mol. The molecule has 0 fully saturated rings. The standard InChI is InChI=1S/C17H14FN3O3/c18-14-3-1-13(2-4-14)15-11-16(21-24-15)23-17(22)20-10-7-12-5-8-19-9-6-12/h1-6,8-9,11H,7,10H2,(H,20,22). The molecule has 2 heterocycles. The molecule has 1 amide bonds. The van der Waals surface area contributed by atoms with E-state index in [1.807, 2.05) is 12.1 Å². The molecule has 0 saturated carbocycles. The predicted octanol–water partition coefficient (Wildman–Crippen LogP) is 3.21. The number of hydrogen-bond donors (Lipinski definition) is 1. The van der Waals surface area contributed by atoms with Crippen LogP contribution in [0.2, 0.25) is 0 Å². The second-order valence-corrected chi connectivity index (χ2v) is 4.96. The van der Waals surface area contributed by atoms with Crippen LogP contribution >= 0.6 is 0 Å². The molecule has 24 heavy (non-hydrogen) atoms. The summed E-state index contributed by atoms with van der Waals surface area (Å²) in [4.78, 5) is 15.6. The third-order valence-corrected chi connectivity index (χ3v) is 3.25. The molecule has 0 saturated heterocycles. The summed E-state index contributed by atoms with van der Waals surface area (Å²) in [6.45, 7) is 0.422. The van der Waals surface area contributed by atoms with Gasteiger partial charge in [-0.15, -0.1) is 0 Å². The van der Waals surface area contributed by atoms with Crippen LogP contribution in [0.5, 0.6) is 5.88 Å². The average Bonchev–Trinajstić information content (AvgIpc) is 3.05. The number of ether oxygens (including phenoxy) is 1. The third kappa shape index (κ3) is 4.16. The normalized spacial score (nSPS) is 10.4. The number of benzene rings is 1. The minimum absolute atomic E-state index is 0.0377. The Morgan fingerprint density at radius 3 is 2.67 bits per heavy atom. The summed E-state index contributed by atoms with van der Waals surface area (Å²) in [5, 5.41) is 6.28. The second-order valence-electron chi connectivity index (χ2n) is 4.96. The lowest BCUT2D eigenvalue weighted by Gasteiger charge is -2.03. The zero-order chi connectivity index (χ0) is 16.8. The van der Waals surface area contributed by atoms with Crippen LogP contribution in [0.15, 0.2) is 59.4 Å². The Morgan fingerprint density at radius 2 is 1.92 bits per heavy atom. The van der Waals surface area contributed by atoms with Crippen LogP contribution in [0.4, 0.5) is 9.18 Å². The molecule has 0 spiro atoms. The van der Waals surface area contributed by atoms with E-state index in [0.717, 1.165) is 5.56 Å². The predicted molar refractivity (Wildman–Crippen MR) is 83.9 cm³/mol. The van der Waals surface area contributed by atoms with Gasteiger partial charge < -0.3 is 14.6 Å². The molecule has 1 aromatic carbocycles. The van der Waals surface area contributed by atoms with E-state index in [0.29, 0.717) is 24.3 Å². The van der Waals surface area contributed by atoms with Crippen LogP contribution in [0.25, 0.3) is 11.3 Å². The van der Waals surface area contributed by atoms with Gasteiger partial charge in [-0.25, -0.2) is 9.18 Å². The molecule has 0 aliphatic rings. The maximum atomic E-state index is 12.9. The monoisotopic (exact) mass is 327 g/mol. The molecule has 3 rings (SSSR count).